The highest BCUT2D eigenvalue weighted by atomic mass is 32.1. The standard InChI is InChI=1S/C16H22N4O2S/c1-6-20-11(3)15(10(2)19-20)18-16(23)17-12-7-8-13(21-4)14(9-12)22-5/h7-9H,6H2,1-5H3,(H2,17,18,23). The van der Waals surface area contributed by atoms with E-state index >= 15 is 0 Å². The minimum absolute atomic E-state index is 0.499. The minimum Gasteiger partial charge on any atom is -0.493 e. The van der Waals surface area contributed by atoms with E-state index < -0.39 is 0 Å². The molecule has 2 rings (SSSR count). The Labute approximate surface area is 141 Å². The number of benzene rings is 1. The van der Waals surface area contributed by atoms with E-state index in [9.17, 15) is 0 Å². The summed E-state index contributed by atoms with van der Waals surface area (Å²) in [5.41, 5.74) is 3.73. The fourth-order valence-electron chi connectivity index (χ4n) is 2.38. The summed E-state index contributed by atoms with van der Waals surface area (Å²) in [6.45, 7) is 6.86. The van der Waals surface area contributed by atoms with Crippen molar-refractivity contribution in [3.63, 3.8) is 0 Å². The molecule has 0 spiro atoms. The number of nitrogens with one attached hydrogen (secondary N) is 2. The molecule has 7 heteroatoms. The Hall–Kier alpha value is -2.28. The molecule has 0 aliphatic rings. The Morgan fingerprint density at radius 1 is 1.17 bits per heavy atom. The lowest BCUT2D eigenvalue weighted by atomic mass is 10.2. The Balaban J connectivity index is 2.12. The highest BCUT2D eigenvalue weighted by Gasteiger charge is 2.12. The van der Waals surface area contributed by atoms with Crippen LogP contribution in [0.1, 0.15) is 18.3 Å². The van der Waals surface area contributed by atoms with Crippen molar-refractivity contribution in [2.45, 2.75) is 27.3 Å². The van der Waals surface area contributed by atoms with Crippen molar-refractivity contribution in [1.29, 1.82) is 0 Å². The van der Waals surface area contributed by atoms with Crippen LogP contribution < -0.4 is 20.1 Å². The number of thiocarbonyl (C=S) groups is 1. The molecule has 23 heavy (non-hydrogen) atoms. The van der Waals surface area contributed by atoms with E-state index in [1.54, 1.807) is 14.2 Å². The van der Waals surface area contributed by atoms with Crippen LogP contribution in [-0.2, 0) is 6.54 Å². The summed E-state index contributed by atoms with van der Waals surface area (Å²) in [5.74, 6) is 1.32. The Bertz CT molecular complexity index is 712. The predicted molar refractivity (Wildman–Crippen MR) is 96.8 cm³/mol. The zero-order valence-electron chi connectivity index (χ0n) is 14.1. The van der Waals surface area contributed by atoms with Gasteiger partial charge in [-0.25, -0.2) is 0 Å². The lowest BCUT2D eigenvalue weighted by Crippen LogP contribution is -2.20. The average molecular weight is 334 g/mol. The molecule has 124 valence electrons. The zero-order valence-corrected chi connectivity index (χ0v) is 14.9. The second-order valence-corrected chi connectivity index (χ2v) is 5.42. The number of ether oxygens (including phenoxy) is 2. The van der Waals surface area contributed by atoms with Crippen molar-refractivity contribution < 1.29 is 9.47 Å². The first-order valence-electron chi connectivity index (χ1n) is 7.34. The molecule has 0 amide bonds. The van der Waals surface area contributed by atoms with E-state index in [0.717, 1.165) is 29.3 Å². The lowest BCUT2D eigenvalue weighted by Gasteiger charge is -2.13. The van der Waals surface area contributed by atoms with Gasteiger partial charge in [0, 0.05) is 18.3 Å². The van der Waals surface area contributed by atoms with E-state index in [1.807, 2.05) is 36.7 Å². The van der Waals surface area contributed by atoms with Gasteiger partial charge in [0.25, 0.3) is 0 Å². The maximum atomic E-state index is 5.39. The molecule has 1 aromatic carbocycles. The van der Waals surface area contributed by atoms with Gasteiger partial charge in [-0.05, 0) is 45.1 Å². The van der Waals surface area contributed by atoms with Crippen molar-refractivity contribution in [2.24, 2.45) is 0 Å². The van der Waals surface area contributed by atoms with Crippen molar-refractivity contribution in [3.8, 4) is 11.5 Å². The molecule has 0 radical (unpaired) electrons. The van der Waals surface area contributed by atoms with Crippen LogP contribution in [0.15, 0.2) is 18.2 Å². The van der Waals surface area contributed by atoms with Crippen LogP contribution in [0.25, 0.3) is 0 Å². The second-order valence-electron chi connectivity index (χ2n) is 5.01. The quantitative estimate of drug-likeness (QED) is 0.818. The number of anilines is 2. The Morgan fingerprint density at radius 3 is 2.43 bits per heavy atom. The third-order valence-electron chi connectivity index (χ3n) is 3.56. The second kappa shape index (κ2) is 7.32. The van der Waals surface area contributed by atoms with Crippen LogP contribution in [0.3, 0.4) is 0 Å². The highest BCUT2D eigenvalue weighted by molar-refractivity contribution is 7.80. The van der Waals surface area contributed by atoms with Gasteiger partial charge in [0.1, 0.15) is 0 Å². The van der Waals surface area contributed by atoms with Gasteiger partial charge in [-0.15, -0.1) is 0 Å². The van der Waals surface area contributed by atoms with E-state index in [2.05, 4.69) is 22.7 Å². The highest BCUT2D eigenvalue weighted by Crippen LogP contribution is 2.30. The van der Waals surface area contributed by atoms with E-state index in [1.165, 1.54) is 0 Å². The normalized spacial score (nSPS) is 10.3. The summed E-state index contributed by atoms with van der Waals surface area (Å²) in [6.07, 6.45) is 0. The molecule has 2 N–H and O–H groups in total. The summed E-state index contributed by atoms with van der Waals surface area (Å²) >= 11 is 5.39. The average Bonchev–Trinajstić information content (AvgIpc) is 2.82. The van der Waals surface area contributed by atoms with Crippen molar-refractivity contribution in [3.05, 3.63) is 29.6 Å². The third kappa shape index (κ3) is 3.73. The van der Waals surface area contributed by atoms with Crippen LogP contribution in [0, 0.1) is 13.8 Å². The van der Waals surface area contributed by atoms with Crippen LogP contribution in [0.2, 0.25) is 0 Å². The van der Waals surface area contributed by atoms with Crippen molar-refractivity contribution in [1.82, 2.24) is 9.78 Å². The van der Waals surface area contributed by atoms with Gasteiger partial charge in [0.05, 0.1) is 31.3 Å². The summed E-state index contributed by atoms with van der Waals surface area (Å²) in [4.78, 5) is 0. The van der Waals surface area contributed by atoms with E-state index in [0.29, 0.717) is 16.6 Å². The summed E-state index contributed by atoms with van der Waals surface area (Å²) in [7, 11) is 3.21. The maximum absolute atomic E-state index is 5.39. The largest absolute Gasteiger partial charge is 0.493 e. The first-order chi connectivity index (χ1) is 11.0. The van der Waals surface area contributed by atoms with Gasteiger partial charge in [0.15, 0.2) is 16.6 Å². The van der Waals surface area contributed by atoms with Crippen LogP contribution in [0.5, 0.6) is 11.5 Å². The fourth-order valence-corrected chi connectivity index (χ4v) is 2.60. The minimum atomic E-state index is 0.499. The molecule has 2 aromatic rings. The Kier molecular flexibility index (Phi) is 5.44. The molecule has 0 bridgehead atoms. The first kappa shape index (κ1) is 17.1. The molecule has 0 aliphatic heterocycles. The van der Waals surface area contributed by atoms with Gasteiger partial charge in [-0.1, -0.05) is 0 Å². The Morgan fingerprint density at radius 2 is 1.87 bits per heavy atom. The first-order valence-corrected chi connectivity index (χ1v) is 7.75. The number of nitrogens with zero attached hydrogens (tertiary/aromatic N) is 2. The predicted octanol–water partition coefficient (Wildman–Crippen LogP) is 3.35. The lowest BCUT2D eigenvalue weighted by molar-refractivity contribution is 0.355. The molecule has 1 aromatic heterocycles. The number of aromatic nitrogens is 2. The monoisotopic (exact) mass is 334 g/mol. The number of rotatable bonds is 5. The molecule has 0 fully saturated rings. The molecule has 6 nitrogen and oxygen atoms in total. The van der Waals surface area contributed by atoms with Gasteiger partial charge in [-0.2, -0.15) is 5.10 Å². The molecule has 0 saturated heterocycles. The molecule has 0 saturated carbocycles. The van der Waals surface area contributed by atoms with Crippen LogP contribution in [0.4, 0.5) is 11.4 Å². The third-order valence-corrected chi connectivity index (χ3v) is 3.77. The van der Waals surface area contributed by atoms with Gasteiger partial charge in [0.2, 0.25) is 0 Å². The maximum Gasteiger partial charge on any atom is 0.175 e. The van der Waals surface area contributed by atoms with Gasteiger partial charge in [-0.3, -0.25) is 4.68 Å². The zero-order chi connectivity index (χ0) is 17.0. The van der Waals surface area contributed by atoms with E-state index in [4.69, 9.17) is 21.7 Å². The van der Waals surface area contributed by atoms with Crippen molar-refractivity contribution in [2.75, 3.05) is 24.9 Å². The SMILES string of the molecule is CCn1nc(C)c(NC(=S)Nc2ccc(OC)c(OC)c2)c1C. The molecule has 1 heterocycles. The summed E-state index contributed by atoms with van der Waals surface area (Å²) in [5, 5.41) is 11.3. The van der Waals surface area contributed by atoms with Crippen LogP contribution >= 0.6 is 12.2 Å². The number of hydrogen-bond donors (Lipinski definition) is 2. The fraction of sp³-hybridized carbons (Fsp3) is 0.375. The summed E-state index contributed by atoms with van der Waals surface area (Å²) in [6, 6.07) is 5.54. The summed E-state index contributed by atoms with van der Waals surface area (Å²) < 4.78 is 12.5. The topological polar surface area (TPSA) is 60.3 Å². The van der Waals surface area contributed by atoms with E-state index in [-0.39, 0.29) is 0 Å². The molecular formula is C16H22N4O2S. The van der Waals surface area contributed by atoms with Crippen LogP contribution in [-0.4, -0.2) is 29.1 Å². The number of hydrogen-bond acceptors (Lipinski definition) is 4. The molecule has 0 aliphatic carbocycles. The number of methoxy groups -OCH3 is 2. The molecule has 0 atom stereocenters. The molecular weight excluding hydrogens is 312 g/mol. The van der Waals surface area contributed by atoms with Crippen molar-refractivity contribution >= 4 is 28.7 Å². The molecule has 0 unspecified atom stereocenters. The number of aryl methyl sites for hydroxylation is 2. The smallest absolute Gasteiger partial charge is 0.175 e. The van der Waals surface area contributed by atoms with Gasteiger partial charge < -0.3 is 20.1 Å². The van der Waals surface area contributed by atoms with Gasteiger partial charge >= 0.3 is 0 Å².